The van der Waals surface area contributed by atoms with Crippen LogP contribution in [0.3, 0.4) is 0 Å². The van der Waals surface area contributed by atoms with Crippen LogP contribution in [0.2, 0.25) is 0 Å². The molecule has 31 heavy (non-hydrogen) atoms. The molecule has 1 aromatic heterocycles. The van der Waals surface area contributed by atoms with Crippen molar-refractivity contribution in [2.75, 3.05) is 13.7 Å². The van der Waals surface area contributed by atoms with E-state index in [2.05, 4.69) is 0 Å². The highest BCUT2D eigenvalue weighted by Gasteiger charge is 2.45. The number of ether oxygens (including phenoxy) is 4. The van der Waals surface area contributed by atoms with E-state index in [0.29, 0.717) is 33.8 Å². The normalized spacial score (nSPS) is 17.3. The molecule has 1 aliphatic heterocycles. The van der Waals surface area contributed by atoms with Gasteiger partial charge in [-0.2, -0.15) is 0 Å². The number of methoxy groups -OCH3 is 1. The van der Waals surface area contributed by atoms with E-state index in [1.807, 2.05) is 19.9 Å². The van der Waals surface area contributed by atoms with Crippen LogP contribution in [0.15, 0.2) is 51.7 Å². The highest BCUT2D eigenvalue weighted by Crippen LogP contribution is 2.46. The van der Waals surface area contributed by atoms with Gasteiger partial charge >= 0.3 is 11.6 Å². The van der Waals surface area contributed by atoms with Crippen molar-refractivity contribution in [2.24, 2.45) is 0 Å². The molecule has 0 saturated carbocycles. The van der Waals surface area contributed by atoms with Crippen LogP contribution in [0.1, 0.15) is 37.8 Å². The van der Waals surface area contributed by atoms with Crippen LogP contribution in [-0.2, 0) is 9.53 Å². The van der Waals surface area contributed by atoms with E-state index in [9.17, 15) is 9.59 Å². The summed E-state index contributed by atoms with van der Waals surface area (Å²) in [4.78, 5) is 25.8. The highest BCUT2D eigenvalue weighted by molar-refractivity contribution is 5.88. The fourth-order valence-corrected chi connectivity index (χ4v) is 3.86. The van der Waals surface area contributed by atoms with Crippen molar-refractivity contribution in [1.29, 1.82) is 0 Å². The van der Waals surface area contributed by atoms with Crippen molar-refractivity contribution in [2.45, 2.75) is 38.9 Å². The third kappa shape index (κ3) is 3.71. The van der Waals surface area contributed by atoms with E-state index in [0.717, 1.165) is 0 Å². The van der Waals surface area contributed by atoms with Gasteiger partial charge in [0.1, 0.15) is 11.3 Å². The largest absolute Gasteiger partial charge is 0.493 e. The molecular weight excluding hydrogens is 400 g/mol. The van der Waals surface area contributed by atoms with E-state index in [-0.39, 0.29) is 18.3 Å². The molecule has 162 valence electrons. The predicted molar refractivity (Wildman–Crippen MR) is 114 cm³/mol. The second kappa shape index (κ2) is 8.34. The smallest absolute Gasteiger partial charge is 0.348 e. The summed E-state index contributed by atoms with van der Waals surface area (Å²) in [6.07, 6.45) is -1.12. The lowest BCUT2D eigenvalue weighted by Gasteiger charge is -2.20. The van der Waals surface area contributed by atoms with Gasteiger partial charge in [0.05, 0.1) is 36.7 Å². The molecule has 0 N–H and O–H groups in total. The summed E-state index contributed by atoms with van der Waals surface area (Å²) < 4.78 is 28.1. The van der Waals surface area contributed by atoms with Gasteiger partial charge in [0.25, 0.3) is 0 Å². The number of esters is 1. The summed E-state index contributed by atoms with van der Waals surface area (Å²) >= 11 is 0. The third-order valence-electron chi connectivity index (χ3n) is 5.09. The van der Waals surface area contributed by atoms with Crippen LogP contribution in [0.25, 0.3) is 11.0 Å². The van der Waals surface area contributed by atoms with Gasteiger partial charge in [-0.3, -0.25) is 0 Å². The first kappa shape index (κ1) is 20.8. The zero-order valence-corrected chi connectivity index (χ0v) is 17.8. The Morgan fingerprint density at radius 1 is 1.13 bits per heavy atom. The molecule has 0 bridgehead atoms. The topological polar surface area (TPSA) is 84.2 Å². The average Bonchev–Trinajstić information content (AvgIpc) is 3.15. The van der Waals surface area contributed by atoms with E-state index in [1.165, 1.54) is 0 Å². The number of carbonyl (C=O) groups excluding carboxylic acids is 1. The van der Waals surface area contributed by atoms with E-state index >= 15 is 0 Å². The Morgan fingerprint density at radius 3 is 2.61 bits per heavy atom. The zero-order chi connectivity index (χ0) is 22.1. The van der Waals surface area contributed by atoms with Gasteiger partial charge in [0.15, 0.2) is 11.5 Å². The fraction of sp³-hybridized carbons (Fsp3) is 0.333. The Hall–Kier alpha value is -3.48. The van der Waals surface area contributed by atoms with Crippen LogP contribution < -0.4 is 19.8 Å². The maximum absolute atomic E-state index is 13.0. The Kier molecular flexibility index (Phi) is 5.59. The number of fused-ring (bicyclic) bond motifs is 3. The van der Waals surface area contributed by atoms with Crippen LogP contribution in [0.5, 0.6) is 17.2 Å². The Balaban J connectivity index is 1.92. The van der Waals surface area contributed by atoms with Gasteiger partial charge in [-0.1, -0.05) is 18.2 Å². The van der Waals surface area contributed by atoms with Crippen LogP contribution in [0, 0.1) is 0 Å². The number of rotatable bonds is 6. The number of hydrogen-bond acceptors (Lipinski definition) is 7. The summed E-state index contributed by atoms with van der Waals surface area (Å²) in [6.45, 7) is 5.73. The molecule has 0 saturated heterocycles. The zero-order valence-electron chi connectivity index (χ0n) is 17.8. The Bertz CT molecular complexity index is 1180. The third-order valence-corrected chi connectivity index (χ3v) is 5.09. The second-order valence-corrected chi connectivity index (χ2v) is 7.47. The summed E-state index contributed by atoms with van der Waals surface area (Å²) in [5.41, 5.74) is 0.800. The maximum atomic E-state index is 13.0. The van der Waals surface area contributed by atoms with E-state index < -0.39 is 23.6 Å². The van der Waals surface area contributed by atoms with Crippen molar-refractivity contribution in [3.8, 4) is 17.2 Å². The quantitative estimate of drug-likeness (QED) is 0.436. The predicted octanol–water partition coefficient (Wildman–Crippen LogP) is 4.04. The van der Waals surface area contributed by atoms with E-state index in [1.54, 1.807) is 50.4 Å². The SMILES string of the molecule is CCOC(=O)[C@@H]1Oc2c(c(=O)oc3ccccc23)[C@H]1c1ccc(OC)c(OC(C)C)c1. The van der Waals surface area contributed by atoms with Crippen molar-refractivity contribution in [3.63, 3.8) is 0 Å². The molecule has 7 heteroatoms. The molecule has 7 nitrogen and oxygen atoms in total. The summed E-state index contributed by atoms with van der Waals surface area (Å²) in [7, 11) is 1.55. The average molecular weight is 424 g/mol. The second-order valence-electron chi connectivity index (χ2n) is 7.47. The van der Waals surface area contributed by atoms with Gasteiger partial charge in [-0.15, -0.1) is 0 Å². The van der Waals surface area contributed by atoms with Crippen molar-refractivity contribution >= 4 is 16.9 Å². The lowest BCUT2D eigenvalue weighted by Crippen LogP contribution is -2.32. The van der Waals surface area contributed by atoms with Crippen molar-refractivity contribution in [1.82, 2.24) is 0 Å². The first-order valence-electron chi connectivity index (χ1n) is 10.2. The van der Waals surface area contributed by atoms with Gasteiger partial charge < -0.3 is 23.4 Å². The molecule has 0 unspecified atom stereocenters. The molecule has 1 aliphatic rings. The number of benzene rings is 2. The maximum Gasteiger partial charge on any atom is 0.348 e. The van der Waals surface area contributed by atoms with E-state index in [4.69, 9.17) is 23.4 Å². The first-order valence-corrected chi connectivity index (χ1v) is 10.2. The van der Waals surface area contributed by atoms with Crippen molar-refractivity contribution in [3.05, 3.63) is 64.0 Å². The van der Waals surface area contributed by atoms with Gasteiger partial charge in [0.2, 0.25) is 6.10 Å². The monoisotopic (exact) mass is 424 g/mol. The summed E-state index contributed by atoms with van der Waals surface area (Å²) in [5, 5.41) is 0.626. The number of para-hydroxylation sites is 1. The van der Waals surface area contributed by atoms with Crippen molar-refractivity contribution < 1.29 is 28.2 Å². The summed E-state index contributed by atoms with van der Waals surface area (Å²) in [5.74, 6) is 0.146. The fourth-order valence-electron chi connectivity index (χ4n) is 3.86. The standard InChI is InChI=1S/C24H24O7/c1-5-28-24(26)22-19(14-10-11-17(27-4)18(12-14)29-13(2)3)20-21(31-22)15-8-6-7-9-16(15)30-23(20)25/h6-13,19,22H,5H2,1-4H3/t19-,22-/m1/s1. The lowest BCUT2D eigenvalue weighted by atomic mass is 9.88. The van der Waals surface area contributed by atoms with Gasteiger partial charge in [0, 0.05) is 0 Å². The number of carbonyl (C=O) groups is 1. The number of hydrogen-bond donors (Lipinski definition) is 0. The van der Waals surface area contributed by atoms with Gasteiger partial charge in [-0.25, -0.2) is 9.59 Å². The minimum atomic E-state index is -1.02. The minimum Gasteiger partial charge on any atom is -0.493 e. The molecule has 0 radical (unpaired) electrons. The highest BCUT2D eigenvalue weighted by atomic mass is 16.6. The van der Waals surface area contributed by atoms with Gasteiger partial charge in [-0.05, 0) is 50.6 Å². The molecule has 0 aliphatic carbocycles. The molecule has 2 atom stereocenters. The van der Waals surface area contributed by atoms with Crippen LogP contribution in [0.4, 0.5) is 0 Å². The molecule has 2 aromatic carbocycles. The Morgan fingerprint density at radius 2 is 1.90 bits per heavy atom. The molecule has 0 spiro atoms. The molecular formula is C24H24O7. The van der Waals surface area contributed by atoms with Crippen LogP contribution >= 0.6 is 0 Å². The molecule has 0 fully saturated rings. The first-order chi connectivity index (χ1) is 14.9. The molecule has 2 heterocycles. The lowest BCUT2D eigenvalue weighted by molar-refractivity contribution is -0.151. The minimum absolute atomic E-state index is 0.0915. The molecule has 4 rings (SSSR count). The summed E-state index contributed by atoms with van der Waals surface area (Å²) in [6, 6.07) is 12.4. The molecule has 3 aromatic rings. The Labute approximate surface area is 179 Å². The molecule has 0 amide bonds. The van der Waals surface area contributed by atoms with Crippen LogP contribution in [-0.4, -0.2) is 31.9 Å².